The van der Waals surface area contributed by atoms with Gasteiger partial charge in [0.1, 0.15) is 0 Å². The quantitative estimate of drug-likeness (QED) is 0.462. The minimum Gasteiger partial charge on any atom is -0.318 e. The fourth-order valence-electron chi connectivity index (χ4n) is 0.260. The molecule has 10 heavy (non-hydrogen) atoms. The monoisotopic (exact) mass is 180 g/mol. The summed E-state index contributed by atoms with van der Waals surface area (Å²) < 4.78 is 9.87. The van der Waals surface area contributed by atoms with Crippen molar-refractivity contribution in [1.29, 1.82) is 0 Å². The van der Waals surface area contributed by atoms with E-state index in [1.807, 2.05) is 0 Å². The van der Waals surface area contributed by atoms with Crippen LogP contribution >= 0.6 is 19.0 Å². The second-order valence-electron chi connectivity index (χ2n) is 1.38. The van der Waals surface area contributed by atoms with Gasteiger partial charge in [-0.1, -0.05) is 12.2 Å². The molecule has 2 nitrogen and oxygen atoms in total. The maximum atomic E-state index is 5.56. The minimum absolute atomic E-state index is 0.423. The molecule has 0 aromatic carbocycles. The van der Waals surface area contributed by atoms with Crippen molar-refractivity contribution in [2.45, 2.75) is 0 Å². The summed E-state index contributed by atoms with van der Waals surface area (Å²) in [5, 5.41) is 0. The molecule has 0 unspecified atom stereocenters. The van der Waals surface area contributed by atoms with Gasteiger partial charge in [-0.2, -0.15) is 0 Å². The lowest BCUT2D eigenvalue weighted by Crippen LogP contribution is -1.85. The molecule has 0 aliphatic carbocycles. The first-order valence-corrected chi connectivity index (χ1v) is 4.83. The highest BCUT2D eigenvalue weighted by Crippen LogP contribution is 2.43. The predicted octanol–water partition coefficient (Wildman–Crippen LogP) is 2.86. The van der Waals surface area contributed by atoms with Crippen LogP contribution in [0.1, 0.15) is 0 Å². The molecule has 0 fully saturated rings. The zero-order chi connectivity index (χ0) is 7.82. The Morgan fingerprint density at radius 1 is 1.20 bits per heavy atom. The van der Waals surface area contributed by atoms with Crippen molar-refractivity contribution in [2.75, 3.05) is 13.2 Å². The molecule has 0 radical (unpaired) electrons. The van der Waals surface area contributed by atoms with E-state index in [1.165, 1.54) is 0 Å². The molecule has 0 spiro atoms. The van der Waals surface area contributed by atoms with E-state index in [0.29, 0.717) is 13.2 Å². The Kier molecular flexibility index (Phi) is 7.32. The molecule has 0 aliphatic heterocycles. The Morgan fingerprint density at radius 3 is 1.90 bits per heavy atom. The largest absolute Gasteiger partial charge is 0.318 e. The molecule has 0 bridgehead atoms. The summed E-state index contributed by atoms with van der Waals surface area (Å²) in [6.45, 7) is 7.77. The third-order valence-corrected chi connectivity index (χ3v) is 1.88. The van der Waals surface area contributed by atoms with Gasteiger partial charge in [-0.3, -0.25) is 0 Å². The van der Waals surface area contributed by atoms with Crippen molar-refractivity contribution in [3.05, 3.63) is 25.3 Å². The van der Waals surface area contributed by atoms with Gasteiger partial charge in [-0.15, -0.1) is 13.2 Å². The highest BCUT2D eigenvalue weighted by Gasteiger charge is 2.01. The summed E-state index contributed by atoms with van der Waals surface area (Å²) in [4.78, 5) is 0. The molecule has 0 N–H and O–H groups in total. The maximum absolute atomic E-state index is 5.56. The van der Waals surface area contributed by atoms with Crippen LogP contribution in [-0.2, 0) is 9.05 Å². The lowest BCUT2D eigenvalue weighted by Gasteiger charge is -2.05. The molecule has 0 aromatic rings. The Balaban J connectivity index is 3.15. The highest BCUT2D eigenvalue weighted by molar-refractivity contribution is 7.76. The molecular formula is C6H10ClO2P. The van der Waals surface area contributed by atoms with Crippen molar-refractivity contribution in [2.24, 2.45) is 0 Å². The van der Waals surface area contributed by atoms with E-state index in [-0.39, 0.29) is 0 Å². The van der Waals surface area contributed by atoms with E-state index in [4.69, 9.17) is 20.3 Å². The van der Waals surface area contributed by atoms with Crippen LogP contribution in [0.3, 0.4) is 0 Å². The van der Waals surface area contributed by atoms with Gasteiger partial charge >= 0.3 is 0 Å². The van der Waals surface area contributed by atoms with E-state index < -0.39 is 7.73 Å². The standard InChI is InChI=1S/C6H10ClO2P/c1-3-5-8-10(7)9-6-4-2/h3-4H,1-2,5-6H2. The lowest BCUT2D eigenvalue weighted by molar-refractivity contribution is 0.304. The summed E-state index contributed by atoms with van der Waals surface area (Å²) in [5.41, 5.74) is 0. The first-order chi connectivity index (χ1) is 4.81. The van der Waals surface area contributed by atoms with Crippen molar-refractivity contribution in [1.82, 2.24) is 0 Å². The third-order valence-electron chi connectivity index (χ3n) is 0.588. The van der Waals surface area contributed by atoms with Crippen LogP contribution in [0, 0.1) is 0 Å². The average molecular weight is 181 g/mol. The van der Waals surface area contributed by atoms with E-state index in [0.717, 1.165) is 0 Å². The van der Waals surface area contributed by atoms with Gasteiger partial charge in [-0.05, 0) is 11.2 Å². The fraction of sp³-hybridized carbons (Fsp3) is 0.333. The van der Waals surface area contributed by atoms with Gasteiger partial charge in [0, 0.05) is 0 Å². The summed E-state index contributed by atoms with van der Waals surface area (Å²) in [6.07, 6.45) is 3.24. The van der Waals surface area contributed by atoms with Crippen molar-refractivity contribution < 1.29 is 9.05 Å². The maximum Gasteiger partial charge on any atom is 0.277 e. The van der Waals surface area contributed by atoms with Crippen molar-refractivity contribution in [3.8, 4) is 0 Å². The van der Waals surface area contributed by atoms with Crippen LogP contribution in [0.4, 0.5) is 0 Å². The molecule has 58 valence electrons. The molecule has 0 heterocycles. The molecule has 0 aliphatic rings. The molecule has 4 heteroatoms. The zero-order valence-corrected chi connectivity index (χ0v) is 7.28. The van der Waals surface area contributed by atoms with Crippen LogP contribution < -0.4 is 0 Å². The highest BCUT2D eigenvalue weighted by atomic mass is 35.7. The van der Waals surface area contributed by atoms with E-state index in [1.54, 1.807) is 12.2 Å². The summed E-state index contributed by atoms with van der Waals surface area (Å²) in [5.74, 6) is 0. The van der Waals surface area contributed by atoms with E-state index in [2.05, 4.69) is 13.2 Å². The van der Waals surface area contributed by atoms with Crippen molar-refractivity contribution >= 4 is 19.0 Å². The second-order valence-corrected chi connectivity index (χ2v) is 3.15. The van der Waals surface area contributed by atoms with Crippen LogP contribution in [-0.4, -0.2) is 13.2 Å². The lowest BCUT2D eigenvalue weighted by atomic mass is 10.7. The Morgan fingerprint density at radius 2 is 1.60 bits per heavy atom. The van der Waals surface area contributed by atoms with Gasteiger partial charge in [0.15, 0.2) is 0 Å². The first kappa shape index (κ1) is 10.1. The summed E-state index contributed by atoms with van der Waals surface area (Å²) >= 11 is 5.56. The molecule has 0 saturated carbocycles. The zero-order valence-electron chi connectivity index (χ0n) is 5.62. The minimum atomic E-state index is -1.26. The molecular weight excluding hydrogens is 170 g/mol. The van der Waals surface area contributed by atoms with Gasteiger partial charge in [0.25, 0.3) is 7.73 Å². The van der Waals surface area contributed by atoms with E-state index in [9.17, 15) is 0 Å². The van der Waals surface area contributed by atoms with Crippen molar-refractivity contribution in [3.63, 3.8) is 0 Å². The molecule has 0 saturated heterocycles. The summed E-state index contributed by atoms with van der Waals surface area (Å²) in [7, 11) is -1.26. The van der Waals surface area contributed by atoms with E-state index >= 15 is 0 Å². The van der Waals surface area contributed by atoms with Gasteiger partial charge in [0.2, 0.25) is 0 Å². The van der Waals surface area contributed by atoms with Crippen LogP contribution in [0.2, 0.25) is 0 Å². The number of hydrogen-bond donors (Lipinski definition) is 0. The number of rotatable bonds is 6. The number of hydrogen-bond acceptors (Lipinski definition) is 2. The average Bonchev–Trinajstić information content (AvgIpc) is 1.97. The first-order valence-electron chi connectivity index (χ1n) is 2.74. The molecule has 0 atom stereocenters. The summed E-state index contributed by atoms with van der Waals surface area (Å²) in [6, 6.07) is 0. The van der Waals surface area contributed by atoms with Crippen LogP contribution in [0.15, 0.2) is 25.3 Å². The fourth-order valence-corrected chi connectivity index (χ4v) is 1.12. The number of halogens is 1. The van der Waals surface area contributed by atoms with Crippen LogP contribution in [0.25, 0.3) is 0 Å². The third kappa shape index (κ3) is 6.24. The Bertz CT molecular complexity index is 95.9. The SMILES string of the molecule is C=CCOP(Cl)OCC=C. The second kappa shape index (κ2) is 7.23. The smallest absolute Gasteiger partial charge is 0.277 e. The van der Waals surface area contributed by atoms with Gasteiger partial charge in [-0.25, -0.2) is 0 Å². The van der Waals surface area contributed by atoms with Crippen LogP contribution in [0.5, 0.6) is 0 Å². The normalized spacial score (nSPS) is 9.80. The molecule has 0 amide bonds. The Labute approximate surface area is 67.2 Å². The molecule has 0 aromatic heterocycles. The van der Waals surface area contributed by atoms with Gasteiger partial charge < -0.3 is 9.05 Å². The topological polar surface area (TPSA) is 18.5 Å². The molecule has 0 rings (SSSR count). The van der Waals surface area contributed by atoms with Gasteiger partial charge in [0.05, 0.1) is 13.2 Å². The Hall–Kier alpha value is 0.120. The predicted molar refractivity (Wildman–Crippen MR) is 45.1 cm³/mol.